The van der Waals surface area contributed by atoms with Crippen molar-refractivity contribution in [3.8, 4) is 0 Å². The van der Waals surface area contributed by atoms with E-state index < -0.39 is 10.8 Å². The van der Waals surface area contributed by atoms with E-state index in [0.717, 1.165) is 5.69 Å². The van der Waals surface area contributed by atoms with Crippen LogP contribution < -0.4 is 5.32 Å². The average molecular weight is 267 g/mol. The van der Waals surface area contributed by atoms with Gasteiger partial charge < -0.3 is 10.2 Å². The van der Waals surface area contributed by atoms with Gasteiger partial charge in [-0.25, -0.2) is 4.79 Å². The molecular formula is C12H17N3O2S. The molecule has 0 aromatic carbocycles. The summed E-state index contributed by atoms with van der Waals surface area (Å²) in [5, 5.41) is 2.81. The second-order valence-electron chi connectivity index (χ2n) is 4.90. The Balaban J connectivity index is 2.00. The first-order chi connectivity index (χ1) is 8.49. The molecule has 0 saturated carbocycles. The molecule has 0 spiro atoms. The fourth-order valence-electron chi connectivity index (χ4n) is 1.89. The normalized spacial score (nSPS) is 22.6. The van der Waals surface area contributed by atoms with Gasteiger partial charge >= 0.3 is 6.03 Å². The summed E-state index contributed by atoms with van der Waals surface area (Å²) in [6, 6.07) is 3.34. The first-order valence-electron chi connectivity index (χ1n) is 5.83. The minimum atomic E-state index is -0.866. The molecule has 0 bridgehead atoms. The molecule has 1 aliphatic heterocycles. The molecule has 0 radical (unpaired) electrons. The summed E-state index contributed by atoms with van der Waals surface area (Å²) in [5.41, 5.74) is 0.722. The first kappa shape index (κ1) is 13.0. The molecule has 1 aromatic rings. The summed E-state index contributed by atoms with van der Waals surface area (Å²) < 4.78 is 11.4. The van der Waals surface area contributed by atoms with Crippen LogP contribution in [0.15, 0.2) is 24.5 Å². The number of hydrogen-bond acceptors (Lipinski definition) is 3. The van der Waals surface area contributed by atoms with E-state index in [2.05, 4.69) is 10.3 Å². The largest absolute Gasteiger partial charge is 0.322 e. The Kier molecular flexibility index (Phi) is 3.65. The topological polar surface area (TPSA) is 62.3 Å². The number of pyridine rings is 1. The first-order valence-corrected chi connectivity index (χ1v) is 7.15. The lowest BCUT2D eigenvalue weighted by Gasteiger charge is -2.37. The van der Waals surface area contributed by atoms with Crippen LogP contribution in [0.4, 0.5) is 10.5 Å². The van der Waals surface area contributed by atoms with Gasteiger partial charge in [-0.3, -0.25) is 9.19 Å². The lowest BCUT2D eigenvalue weighted by molar-refractivity contribution is 0.207. The van der Waals surface area contributed by atoms with Crippen LogP contribution in [0.1, 0.15) is 13.8 Å². The molecule has 2 amide bonds. The molecule has 1 atom stereocenters. The molecule has 1 saturated heterocycles. The lowest BCUT2D eigenvalue weighted by Crippen LogP contribution is -2.53. The number of nitrogens with one attached hydrogen (secondary N) is 1. The minimum absolute atomic E-state index is 0.147. The number of anilines is 1. The maximum Gasteiger partial charge on any atom is 0.321 e. The summed E-state index contributed by atoms with van der Waals surface area (Å²) in [4.78, 5) is 17.7. The van der Waals surface area contributed by atoms with Gasteiger partial charge in [0.15, 0.2) is 0 Å². The van der Waals surface area contributed by atoms with Gasteiger partial charge in [0.2, 0.25) is 0 Å². The molecule has 18 heavy (non-hydrogen) atoms. The summed E-state index contributed by atoms with van der Waals surface area (Å²) in [7, 11) is -0.866. The van der Waals surface area contributed by atoms with E-state index in [-0.39, 0.29) is 10.8 Å². The lowest BCUT2D eigenvalue weighted by atomic mass is 10.2. The monoisotopic (exact) mass is 267 g/mol. The highest BCUT2D eigenvalue weighted by Gasteiger charge is 2.35. The fraction of sp³-hybridized carbons (Fsp3) is 0.500. The average Bonchev–Trinajstić information content (AvgIpc) is 2.34. The van der Waals surface area contributed by atoms with E-state index in [1.54, 1.807) is 29.4 Å². The molecule has 5 nitrogen and oxygen atoms in total. The van der Waals surface area contributed by atoms with E-state index in [1.807, 2.05) is 13.8 Å². The van der Waals surface area contributed by atoms with Gasteiger partial charge in [0, 0.05) is 47.7 Å². The van der Waals surface area contributed by atoms with Crippen molar-refractivity contribution < 1.29 is 9.00 Å². The van der Waals surface area contributed by atoms with Crippen LogP contribution in [-0.4, -0.2) is 43.7 Å². The number of urea groups is 1. The minimum Gasteiger partial charge on any atom is -0.322 e. The van der Waals surface area contributed by atoms with Gasteiger partial charge in [-0.1, -0.05) is 0 Å². The van der Waals surface area contributed by atoms with Crippen molar-refractivity contribution in [1.82, 2.24) is 9.88 Å². The Morgan fingerprint density at radius 2 is 2.11 bits per heavy atom. The van der Waals surface area contributed by atoms with E-state index in [9.17, 15) is 9.00 Å². The Labute approximate surface area is 109 Å². The third-order valence-corrected chi connectivity index (χ3v) is 4.87. The van der Waals surface area contributed by atoms with Crippen molar-refractivity contribution in [3.63, 3.8) is 0 Å². The zero-order valence-corrected chi connectivity index (χ0v) is 11.4. The number of aromatic nitrogens is 1. The highest BCUT2D eigenvalue weighted by molar-refractivity contribution is 7.86. The zero-order valence-electron chi connectivity index (χ0n) is 10.5. The summed E-state index contributed by atoms with van der Waals surface area (Å²) in [6.45, 7) is 4.90. The van der Waals surface area contributed by atoms with Crippen molar-refractivity contribution >= 4 is 22.5 Å². The van der Waals surface area contributed by atoms with Gasteiger partial charge in [-0.15, -0.1) is 0 Å². The fourth-order valence-corrected chi connectivity index (χ4v) is 3.13. The third kappa shape index (κ3) is 2.87. The van der Waals surface area contributed by atoms with Crippen molar-refractivity contribution in [1.29, 1.82) is 0 Å². The molecule has 0 unspecified atom stereocenters. The molecule has 2 heterocycles. The van der Waals surface area contributed by atoms with Crippen molar-refractivity contribution in [2.24, 2.45) is 0 Å². The molecule has 1 N–H and O–H groups in total. The van der Waals surface area contributed by atoms with E-state index in [0.29, 0.717) is 18.8 Å². The molecular weight excluding hydrogens is 250 g/mol. The van der Waals surface area contributed by atoms with Crippen LogP contribution in [-0.2, 0) is 10.8 Å². The molecule has 2 rings (SSSR count). The standard InChI is InChI=1S/C12H17N3O2S/c1-12(2)9-15(7-8-18(12)17)11(16)14-10-3-5-13-6-4-10/h3-6H,7-9H2,1-2H3,(H,13,14,16)/t18-/m0/s1. The summed E-state index contributed by atoms with van der Waals surface area (Å²) in [5.74, 6) is 0.538. The highest BCUT2D eigenvalue weighted by Crippen LogP contribution is 2.20. The third-order valence-electron chi connectivity index (χ3n) is 2.95. The number of carbonyl (C=O) groups is 1. The number of carbonyl (C=O) groups excluding carboxylic acids is 1. The molecule has 6 heteroatoms. The quantitative estimate of drug-likeness (QED) is 0.838. The Bertz CT molecular complexity index is 462. The smallest absolute Gasteiger partial charge is 0.321 e. The molecule has 1 aromatic heterocycles. The summed E-state index contributed by atoms with van der Waals surface area (Å²) in [6.07, 6.45) is 3.26. The second-order valence-corrected chi connectivity index (χ2v) is 7.10. The van der Waals surface area contributed by atoms with E-state index in [4.69, 9.17) is 0 Å². The van der Waals surface area contributed by atoms with Crippen LogP contribution in [0.2, 0.25) is 0 Å². The van der Waals surface area contributed by atoms with Gasteiger partial charge in [0.1, 0.15) is 0 Å². The van der Waals surface area contributed by atoms with Gasteiger partial charge in [-0.05, 0) is 26.0 Å². The van der Waals surface area contributed by atoms with Gasteiger partial charge in [0.25, 0.3) is 0 Å². The maximum atomic E-state index is 12.1. The van der Waals surface area contributed by atoms with Gasteiger partial charge in [0.05, 0.1) is 4.75 Å². The van der Waals surface area contributed by atoms with Crippen molar-refractivity contribution in [2.45, 2.75) is 18.6 Å². The van der Waals surface area contributed by atoms with Crippen molar-refractivity contribution in [2.75, 3.05) is 24.2 Å². The predicted octanol–water partition coefficient (Wildman–Crippen LogP) is 1.46. The van der Waals surface area contributed by atoms with Crippen LogP contribution in [0.25, 0.3) is 0 Å². The Morgan fingerprint density at radius 3 is 2.72 bits per heavy atom. The molecule has 0 aliphatic carbocycles. The number of amides is 2. The molecule has 1 aliphatic rings. The van der Waals surface area contributed by atoms with E-state index >= 15 is 0 Å². The number of nitrogens with zero attached hydrogens (tertiary/aromatic N) is 2. The SMILES string of the molecule is CC1(C)CN(C(=O)Nc2ccncc2)CC[S@@]1=O. The molecule has 98 valence electrons. The van der Waals surface area contributed by atoms with Crippen LogP contribution in [0.3, 0.4) is 0 Å². The van der Waals surface area contributed by atoms with Gasteiger partial charge in [-0.2, -0.15) is 0 Å². The predicted molar refractivity (Wildman–Crippen MR) is 71.9 cm³/mol. The Hall–Kier alpha value is -1.43. The van der Waals surface area contributed by atoms with E-state index in [1.165, 1.54) is 0 Å². The maximum absolute atomic E-state index is 12.1. The highest BCUT2D eigenvalue weighted by atomic mass is 32.2. The molecule has 1 fully saturated rings. The van der Waals surface area contributed by atoms with Crippen LogP contribution >= 0.6 is 0 Å². The van der Waals surface area contributed by atoms with Crippen LogP contribution in [0, 0.1) is 0 Å². The Morgan fingerprint density at radius 1 is 1.44 bits per heavy atom. The summed E-state index contributed by atoms with van der Waals surface area (Å²) >= 11 is 0. The second kappa shape index (κ2) is 5.06. The van der Waals surface area contributed by atoms with Crippen LogP contribution in [0.5, 0.6) is 0 Å². The number of rotatable bonds is 1. The zero-order chi connectivity index (χ0) is 13.2. The number of hydrogen-bond donors (Lipinski definition) is 1. The van der Waals surface area contributed by atoms with Crippen molar-refractivity contribution in [3.05, 3.63) is 24.5 Å².